The van der Waals surface area contributed by atoms with Crippen molar-refractivity contribution in [2.24, 2.45) is 11.8 Å². The summed E-state index contributed by atoms with van der Waals surface area (Å²) in [5, 5.41) is 8.10. The van der Waals surface area contributed by atoms with Crippen molar-refractivity contribution >= 4 is 100 Å². The summed E-state index contributed by atoms with van der Waals surface area (Å²) in [6.45, 7) is 70.7. The van der Waals surface area contributed by atoms with E-state index in [9.17, 15) is 62.3 Å². The monoisotopic (exact) mass is 1510 g/mol. The summed E-state index contributed by atoms with van der Waals surface area (Å²) in [6, 6.07) is 0. The molecule has 0 aliphatic carbocycles. The van der Waals surface area contributed by atoms with E-state index in [4.69, 9.17) is 47.3 Å². The van der Waals surface area contributed by atoms with Gasteiger partial charge in [-0.15, -0.1) is 23.2 Å². The predicted molar refractivity (Wildman–Crippen MR) is 408 cm³/mol. The van der Waals surface area contributed by atoms with Crippen LogP contribution in [-0.2, 0) is 114 Å². The Balaban J connectivity index is -0.0000000781. The number of esters is 10. The van der Waals surface area contributed by atoms with Crippen LogP contribution in [0.5, 0.6) is 0 Å². The van der Waals surface area contributed by atoms with Gasteiger partial charge in [0.05, 0.1) is 65.3 Å². The standard InChI is InChI=1S/C11H20O2.C7H11ClO3.3C7H12O2.C6H10O2.C5H7ClO2.C5H8O3.C5H8O2.C4H6O2.3C4H6O/c1-4-7-8-10(5-2)9-13-11(12)6-3;1-2-7(9)11-6-5-10-4-3-8;1-5-6(8)9-7(2,3)4;1-4-7(8)9-5-6(2)3;1-3-5-6-9-7(8)4-2;1-4-6(7)8-5(2)3;2*1-2-5(7)8-4-3-6;1-3-5(6)7-4-2;1-3-4(5)6-2;3*1-3-4(2)5/h6,10H,3-5,7-9H2,1-2H3;2H,1,3-6H2;5H,1H2,2-4H3;4,6H,1,5H2,2-3H3;4H,2-3,5-6H2,1H3;4-5H,1H2,2-3H3;2H,1,3-4H2;2,6H,1,3-4H2;3H,1,4H2,2H3;3H,1H2,2H3;3*3H,1H2,2H3. The smallest absolute Gasteiger partial charge is 0.330 e. The van der Waals surface area contributed by atoms with Crippen LogP contribution in [0.1, 0.15) is 135 Å². The molecule has 592 valence electrons. The van der Waals surface area contributed by atoms with Crippen LogP contribution in [0.15, 0.2) is 165 Å². The number of aliphatic hydroxyl groups is 1. The van der Waals surface area contributed by atoms with Gasteiger partial charge in [-0.1, -0.05) is 146 Å². The van der Waals surface area contributed by atoms with Crippen LogP contribution >= 0.6 is 23.2 Å². The zero-order valence-corrected chi connectivity index (χ0v) is 65.7. The van der Waals surface area contributed by atoms with Gasteiger partial charge in [0, 0.05) is 66.6 Å². The van der Waals surface area contributed by atoms with Crippen molar-refractivity contribution in [3.63, 3.8) is 0 Å². The summed E-state index contributed by atoms with van der Waals surface area (Å²) >= 11 is 10.5. The molecule has 0 saturated heterocycles. The second kappa shape index (κ2) is 104. The molecule has 0 rings (SSSR count). The van der Waals surface area contributed by atoms with Gasteiger partial charge in [0.2, 0.25) is 0 Å². The Hall–Kier alpha value is -9.17. The third-order valence-electron chi connectivity index (χ3n) is 8.43. The maximum Gasteiger partial charge on any atom is 0.330 e. The summed E-state index contributed by atoms with van der Waals surface area (Å²) in [5.74, 6) is -2.07. The van der Waals surface area contributed by atoms with Crippen LogP contribution in [0.3, 0.4) is 0 Å². The summed E-state index contributed by atoms with van der Waals surface area (Å²) < 4.78 is 50.7. The SMILES string of the molecule is C=CC(=O)OC.C=CC(=O)OC(C)(C)C.C=CC(=O)OC(C)C.C=CC(=O)OCC.C=CC(=O)OCC(C)C.C=CC(=O)OCC(CC)CCCC.C=CC(=O)OCCCC.C=CC(=O)OCCCl.C=CC(=O)OCCO.C=CC(=O)OCCOCCCl.C=CC(C)=O.C=CC(C)=O.C=CC(C)=O. The molecule has 0 amide bonds. The van der Waals surface area contributed by atoms with Gasteiger partial charge in [-0.05, 0) is 105 Å². The minimum absolute atomic E-state index is 0.0185. The maximum atomic E-state index is 10.8. The van der Waals surface area contributed by atoms with E-state index in [1.54, 1.807) is 20.8 Å². The van der Waals surface area contributed by atoms with Crippen LogP contribution in [0, 0.1) is 11.8 Å². The Bertz CT molecular complexity index is 2300. The molecule has 25 nitrogen and oxygen atoms in total. The van der Waals surface area contributed by atoms with E-state index in [-0.39, 0.29) is 85.7 Å². The molecule has 0 spiro atoms. The first-order valence-corrected chi connectivity index (χ1v) is 32.9. The number of carbonyl (C=O) groups is 13. The number of allylic oxidation sites excluding steroid dienone is 3. The zero-order valence-electron chi connectivity index (χ0n) is 64.2. The molecule has 0 aromatic carbocycles. The molecule has 1 unspecified atom stereocenters. The minimum atomic E-state index is -0.501. The molecule has 27 heteroatoms. The predicted octanol–water partition coefficient (Wildman–Crippen LogP) is 13.5. The molecule has 0 fully saturated rings. The maximum absolute atomic E-state index is 10.8. The van der Waals surface area contributed by atoms with Crippen LogP contribution in [-0.4, -0.2) is 179 Å². The van der Waals surface area contributed by atoms with Crippen molar-refractivity contribution in [2.45, 2.75) is 147 Å². The summed E-state index contributed by atoms with van der Waals surface area (Å²) in [5.41, 5.74) is -0.398. The van der Waals surface area contributed by atoms with E-state index in [0.29, 0.717) is 63.2 Å². The quantitative estimate of drug-likeness (QED) is 0.0202. The lowest BCUT2D eigenvalue weighted by molar-refractivity contribution is -0.149. The number of hydrogen-bond acceptors (Lipinski definition) is 25. The normalized spacial score (nSPS) is 8.82. The van der Waals surface area contributed by atoms with Crippen molar-refractivity contribution in [1.29, 1.82) is 0 Å². The third-order valence-corrected chi connectivity index (χ3v) is 8.74. The summed E-state index contributed by atoms with van der Waals surface area (Å²) in [7, 11) is 1.31. The Morgan fingerprint density at radius 2 is 0.718 bits per heavy atom. The van der Waals surface area contributed by atoms with E-state index in [1.807, 2.05) is 41.5 Å². The van der Waals surface area contributed by atoms with Gasteiger partial charge in [-0.3, -0.25) is 14.4 Å². The van der Waals surface area contributed by atoms with Crippen molar-refractivity contribution in [3.05, 3.63) is 165 Å². The van der Waals surface area contributed by atoms with E-state index in [1.165, 1.54) is 77.2 Å². The van der Waals surface area contributed by atoms with Crippen LogP contribution in [0.2, 0.25) is 0 Å². The molecule has 0 radical (unpaired) electrons. The highest BCUT2D eigenvalue weighted by Gasteiger charge is 2.13. The van der Waals surface area contributed by atoms with Gasteiger partial charge >= 0.3 is 59.7 Å². The second-order valence-electron chi connectivity index (χ2n) is 19.6. The highest BCUT2D eigenvalue weighted by Crippen LogP contribution is 2.13. The number of rotatable bonds is 35. The number of hydrogen-bond donors (Lipinski definition) is 1. The number of ketones is 3. The van der Waals surface area contributed by atoms with Gasteiger partial charge < -0.3 is 57.2 Å². The Morgan fingerprint density at radius 1 is 0.398 bits per heavy atom. The summed E-state index contributed by atoms with van der Waals surface area (Å²) in [4.78, 5) is 132. The molecular formula is C76H124Cl2O25. The van der Waals surface area contributed by atoms with Gasteiger partial charge in [0.25, 0.3) is 0 Å². The third kappa shape index (κ3) is 171. The van der Waals surface area contributed by atoms with Crippen molar-refractivity contribution in [1.82, 2.24) is 0 Å². The Kier molecular flexibility index (Phi) is 125. The average molecular weight is 1510 g/mol. The molecule has 1 N–H and O–H groups in total. The first kappa shape index (κ1) is 124. The van der Waals surface area contributed by atoms with Gasteiger partial charge in [0.15, 0.2) is 17.3 Å². The lowest BCUT2D eigenvalue weighted by Crippen LogP contribution is -2.22. The van der Waals surface area contributed by atoms with Crippen molar-refractivity contribution < 1.29 is 120 Å². The first-order valence-electron chi connectivity index (χ1n) is 31.8. The van der Waals surface area contributed by atoms with Crippen LogP contribution in [0.25, 0.3) is 0 Å². The number of ether oxygens (including phenoxy) is 11. The first-order chi connectivity index (χ1) is 48.2. The van der Waals surface area contributed by atoms with Crippen LogP contribution < -0.4 is 0 Å². The molecule has 0 aliphatic heterocycles. The van der Waals surface area contributed by atoms with Gasteiger partial charge in [-0.2, -0.15) is 0 Å². The minimum Gasteiger partial charge on any atom is -0.466 e. The zero-order chi connectivity index (χ0) is 83.4. The lowest BCUT2D eigenvalue weighted by atomic mass is 10.0. The lowest BCUT2D eigenvalue weighted by Gasteiger charge is -2.17. The molecule has 103 heavy (non-hydrogen) atoms. The highest BCUT2D eigenvalue weighted by atomic mass is 35.5. The van der Waals surface area contributed by atoms with Crippen LogP contribution in [0.4, 0.5) is 0 Å². The fourth-order valence-electron chi connectivity index (χ4n) is 3.57. The highest BCUT2D eigenvalue weighted by molar-refractivity contribution is 6.18. The van der Waals surface area contributed by atoms with Gasteiger partial charge in [0.1, 0.15) is 25.4 Å². The van der Waals surface area contributed by atoms with Crippen molar-refractivity contribution in [3.8, 4) is 0 Å². The Labute approximate surface area is 625 Å². The van der Waals surface area contributed by atoms with Crippen molar-refractivity contribution in [2.75, 3.05) is 84.9 Å². The van der Waals surface area contributed by atoms with E-state index in [2.05, 4.69) is 133 Å². The topological polar surface area (TPSA) is 344 Å². The number of unbranched alkanes of at least 4 members (excludes halogenated alkanes) is 2. The van der Waals surface area contributed by atoms with E-state index >= 15 is 0 Å². The molecule has 0 aromatic heterocycles. The summed E-state index contributed by atoms with van der Waals surface area (Å²) in [6.07, 6.45) is 21.8. The molecule has 0 saturated carbocycles. The molecule has 0 heterocycles. The number of aliphatic hydroxyl groups excluding tert-OH is 1. The average Bonchev–Trinajstić information content (AvgIpc) is 1.01. The largest absolute Gasteiger partial charge is 0.466 e. The Morgan fingerprint density at radius 3 is 0.951 bits per heavy atom. The molecule has 0 bridgehead atoms. The number of halogens is 2. The number of carbonyl (C=O) groups excluding carboxylic acids is 13. The number of alkyl halides is 2. The number of methoxy groups -OCH3 is 1. The fraction of sp³-hybridized carbons (Fsp3) is 0.487. The molecular weight excluding hydrogens is 1380 g/mol. The van der Waals surface area contributed by atoms with E-state index < -0.39 is 29.5 Å². The second-order valence-corrected chi connectivity index (χ2v) is 20.3. The molecule has 0 aliphatic rings. The molecule has 0 aromatic rings. The fourth-order valence-corrected chi connectivity index (χ4v) is 3.76. The van der Waals surface area contributed by atoms with E-state index in [0.717, 1.165) is 68.2 Å². The molecule has 1 atom stereocenters. The van der Waals surface area contributed by atoms with Gasteiger partial charge in [-0.25, -0.2) is 47.9 Å².